The molecule has 5 atom stereocenters. The van der Waals surface area contributed by atoms with Crippen molar-refractivity contribution in [2.75, 3.05) is 13.1 Å². The molecule has 0 rings (SSSR count). The van der Waals surface area contributed by atoms with Crippen LogP contribution in [0.3, 0.4) is 0 Å². The zero-order valence-electron chi connectivity index (χ0n) is 16.9. The van der Waals surface area contributed by atoms with Crippen LogP contribution in [-0.2, 0) is 19.2 Å². The molecule has 172 valence electrons. The number of aliphatic imine (C=N–C) groups is 1. The van der Waals surface area contributed by atoms with Gasteiger partial charge in [-0.1, -0.05) is 0 Å². The highest BCUT2D eigenvalue weighted by molar-refractivity contribution is 5.94. The minimum atomic E-state index is -1.47. The number of carboxylic acid groups (broad SMARTS) is 1. The Balaban J connectivity index is 5.28. The van der Waals surface area contributed by atoms with Gasteiger partial charge < -0.3 is 48.5 Å². The molecule has 14 heteroatoms. The van der Waals surface area contributed by atoms with E-state index < -0.39 is 60.6 Å². The number of aliphatic carboxylic acids is 1. The Kier molecular flexibility index (Phi) is 12.0. The molecule has 0 radical (unpaired) electrons. The monoisotopic (exact) mass is 433 g/mol. The number of carbonyl (C=O) groups excluding carboxylic acids is 3. The van der Waals surface area contributed by atoms with Crippen molar-refractivity contribution >= 4 is 29.7 Å². The van der Waals surface area contributed by atoms with E-state index in [1.54, 1.807) is 0 Å². The van der Waals surface area contributed by atoms with Crippen molar-refractivity contribution in [3.63, 3.8) is 0 Å². The van der Waals surface area contributed by atoms with Crippen LogP contribution < -0.4 is 33.2 Å². The summed E-state index contributed by atoms with van der Waals surface area (Å²) in [5.41, 5.74) is 16.0. The summed E-state index contributed by atoms with van der Waals surface area (Å²) in [6.45, 7) is 1.97. The molecule has 0 saturated heterocycles. The van der Waals surface area contributed by atoms with E-state index in [1.165, 1.54) is 13.8 Å². The number of hydrogen-bond acceptors (Lipinski definition) is 8. The van der Waals surface area contributed by atoms with E-state index in [-0.39, 0.29) is 25.3 Å². The lowest BCUT2D eigenvalue weighted by atomic mass is 10.1. The van der Waals surface area contributed by atoms with Crippen LogP contribution in [0.1, 0.15) is 26.7 Å². The van der Waals surface area contributed by atoms with E-state index in [4.69, 9.17) is 22.3 Å². The SMILES string of the molecule is CC(O)C(N)C(=O)NC(CCCN=C(N)N)C(=O)NC(C(=O)NCC(=O)O)C(C)O. The van der Waals surface area contributed by atoms with E-state index in [9.17, 15) is 29.4 Å². The predicted octanol–water partition coefficient (Wildman–Crippen LogP) is -4.70. The molecule has 14 nitrogen and oxygen atoms in total. The summed E-state index contributed by atoms with van der Waals surface area (Å²) in [5, 5.41) is 34.5. The van der Waals surface area contributed by atoms with Gasteiger partial charge in [0.15, 0.2) is 5.96 Å². The second kappa shape index (κ2) is 13.3. The number of amides is 3. The Hall–Kier alpha value is -2.97. The van der Waals surface area contributed by atoms with Gasteiger partial charge in [0.1, 0.15) is 24.7 Å². The number of carboxylic acids is 1. The fourth-order valence-corrected chi connectivity index (χ4v) is 2.19. The van der Waals surface area contributed by atoms with Gasteiger partial charge in [-0.05, 0) is 26.7 Å². The maximum atomic E-state index is 12.6. The van der Waals surface area contributed by atoms with Gasteiger partial charge in [-0.3, -0.25) is 24.2 Å². The molecule has 0 aromatic rings. The van der Waals surface area contributed by atoms with E-state index in [0.717, 1.165) is 0 Å². The van der Waals surface area contributed by atoms with E-state index in [0.29, 0.717) is 0 Å². The Morgan fingerprint density at radius 2 is 1.57 bits per heavy atom. The average molecular weight is 433 g/mol. The van der Waals surface area contributed by atoms with Crippen molar-refractivity contribution in [2.45, 2.75) is 57.0 Å². The molecule has 0 bridgehead atoms. The maximum Gasteiger partial charge on any atom is 0.322 e. The standard InChI is InChI=1S/C16H31N7O7/c1-7(24)11(17)14(29)22-9(4-3-5-20-16(18)19)13(28)23-12(8(2)25)15(30)21-6-10(26)27/h7-9,11-12,24-25H,3-6,17H2,1-2H3,(H,21,30)(H,22,29)(H,23,28)(H,26,27)(H4,18,19,20). The smallest absolute Gasteiger partial charge is 0.322 e. The van der Waals surface area contributed by atoms with Crippen molar-refractivity contribution in [3.05, 3.63) is 0 Å². The van der Waals surface area contributed by atoms with Gasteiger partial charge in [0.25, 0.3) is 0 Å². The van der Waals surface area contributed by atoms with Crippen LogP contribution in [0.25, 0.3) is 0 Å². The molecule has 0 aliphatic carbocycles. The zero-order chi connectivity index (χ0) is 23.4. The van der Waals surface area contributed by atoms with E-state index in [2.05, 4.69) is 15.6 Å². The lowest BCUT2D eigenvalue weighted by Gasteiger charge is -2.25. The molecule has 5 unspecified atom stereocenters. The normalized spacial score (nSPS) is 15.6. The number of rotatable bonds is 13. The molecule has 0 heterocycles. The number of nitrogens with zero attached hydrogens (tertiary/aromatic N) is 1. The maximum absolute atomic E-state index is 12.6. The predicted molar refractivity (Wildman–Crippen MR) is 106 cm³/mol. The van der Waals surface area contributed by atoms with Crippen molar-refractivity contribution in [3.8, 4) is 0 Å². The second-order valence-electron chi connectivity index (χ2n) is 6.61. The third kappa shape index (κ3) is 10.5. The molecule has 30 heavy (non-hydrogen) atoms. The van der Waals surface area contributed by atoms with Gasteiger partial charge in [-0.2, -0.15) is 0 Å². The van der Waals surface area contributed by atoms with Crippen molar-refractivity contribution in [2.24, 2.45) is 22.2 Å². The summed E-state index contributed by atoms with van der Waals surface area (Å²) < 4.78 is 0. The van der Waals surface area contributed by atoms with Crippen LogP contribution in [0.2, 0.25) is 0 Å². The van der Waals surface area contributed by atoms with Gasteiger partial charge in [0.2, 0.25) is 17.7 Å². The van der Waals surface area contributed by atoms with E-state index in [1.807, 2.05) is 5.32 Å². The number of carbonyl (C=O) groups is 4. The zero-order valence-corrected chi connectivity index (χ0v) is 16.9. The van der Waals surface area contributed by atoms with E-state index >= 15 is 0 Å². The first-order valence-electron chi connectivity index (χ1n) is 9.14. The summed E-state index contributed by atoms with van der Waals surface area (Å²) >= 11 is 0. The first kappa shape index (κ1) is 27.0. The summed E-state index contributed by atoms with van der Waals surface area (Å²) in [6.07, 6.45) is -2.22. The fourth-order valence-electron chi connectivity index (χ4n) is 2.19. The lowest BCUT2D eigenvalue weighted by molar-refractivity contribution is -0.139. The summed E-state index contributed by atoms with van der Waals surface area (Å²) in [7, 11) is 0. The molecular formula is C16H31N7O7. The number of aliphatic hydroxyl groups excluding tert-OH is 2. The molecule has 0 saturated carbocycles. The lowest BCUT2D eigenvalue weighted by Crippen LogP contribution is -2.59. The topological polar surface area (TPSA) is 255 Å². The quantitative estimate of drug-likeness (QED) is 0.0761. The van der Waals surface area contributed by atoms with Crippen molar-refractivity contribution < 1.29 is 34.5 Å². The van der Waals surface area contributed by atoms with Crippen LogP contribution in [-0.4, -0.2) is 88.4 Å². The van der Waals surface area contributed by atoms with Gasteiger partial charge in [0, 0.05) is 6.54 Å². The average Bonchev–Trinajstić information content (AvgIpc) is 2.64. The van der Waals surface area contributed by atoms with Crippen LogP contribution in [0.15, 0.2) is 4.99 Å². The van der Waals surface area contributed by atoms with Gasteiger partial charge >= 0.3 is 5.97 Å². The Bertz CT molecular complexity index is 635. The Morgan fingerprint density at radius 1 is 0.967 bits per heavy atom. The van der Waals surface area contributed by atoms with Crippen molar-refractivity contribution in [1.29, 1.82) is 0 Å². The number of hydrogen-bond donors (Lipinski definition) is 9. The molecule has 0 spiro atoms. The Morgan fingerprint density at radius 3 is 2.03 bits per heavy atom. The van der Waals surface area contributed by atoms with Gasteiger partial charge in [0.05, 0.1) is 12.2 Å². The van der Waals surface area contributed by atoms with Crippen molar-refractivity contribution in [1.82, 2.24) is 16.0 Å². The highest BCUT2D eigenvalue weighted by atomic mass is 16.4. The minimum Gasteiger partial charge on any atom is -0.480 e. The molecule has 0 aliphatic heterocycles. The highest BCUT2D eigenvalue weighted by Crippen LogP contribution is 2.03. The van der Waals surface area contributed by atoms with Crippen LogP contribution >= 0.6 is 0 Å². The molecule has 0 aliphatic rings. The fraction of sp³-hybridized carbons (Fsp3) is 0.688. The third-order valence-corrected chi connectivity index (χ3v) is 3.88. The number of nitrogens with two attached hydrogens (primary N) is 3. The molecular weight excluding hydrogens is 402 g/mol. The Labute approximate surface area is 173 Å². The molecule has 0 aromatic heterocycles. The molecule has 3 amide bonds. The van der Waals surface area contributed by atoms with Crippen LogP contribution in [0, 0.1) is 0 Å². The molecule has 0 fully saturated rings. The summed E-state index contributed by atoms with van der Waals surface area (Å²) in [6, 6.07) is -3.96. The van der Waals surface area contributed by atoms with Crippen LogP contribution in [0.5, 0.6) is 0 Å². The largest absolute Gasteiger partial charge is 0.480 e. The van der Waals surface area contributed by atoms with Gasteiger partial charge in [-0.25, -0.2) is 0 Å². The van der Waals surface area contributed by atoms with Crippen LogP contribution in [0.4, 0.5) is 0 Å². The second-order valence-corrected chi connectivity index (χ2v) is 6.61. The number of aliphatic hydroxyl groups is 2. The first-order chi connectivity index (χ1) is 13.9. The summed E-state index contributed by atoms with van der Waals surface area (Å²) in [4.78, 5) is 51.2. The highest BCUT2D eigenvalue weighted by Gasteiger charge is 2.31. The molecule has 0 aromatic carbocycles. The minimum absolute atomic E-state index is 0.0458. The first-order valence-corrected chi connectivity index (χ1v) is 9.14. The molecule has 12 N–H and O–H groups in total. The number of nitrogens with one attached hydrogen (secondary N) is 3. The number of guanidine groups is 1. The third-order valence-electron chi connectivity index (χ3n) is 3.88. The summed E-state index contributed by atoms with van der Waals surface area (Å²) in [5.74, 6) is -4.03. The van der Waals surface area contributed by atoms with Gasteiger partial charge in [-0.15, -0.1) is 0 Å².